The van der Waals surface area contributed by atoms with Crippen molar-refractivity contribution in [1.82, 2.24) is 0 Å². The average Bonchev–Trinajstić information content (AvgIpc) is 3.24. The van der Waals surface area contributed by atoms with Crippen molar-refractivity contribution in [2.75, 3.05) is 6.61 Å². The lowest BCUT2D eigenvalue weighted by atomic mass is 9.46. The average molecular weight is 463 g/mol. The largest absolute Gasteiger partial charge is 0.393 e. The molecule has 0 unspecified atom stereocenters. The molecule has 1 saturated heterocycles. The van der Waals surface area contributed by atoms with Crippen molar-refractivity contribution >= 4 is 0 Å². The van der Waals surface area contributed by atoms with Gasteiger partial charge in [-0.3, -0.25) is 0 Å². The predicted octanol–water partition coefficient (Wildman–Crippen LogP) is 3.82. The van der Waals surface area contributed by atoms with Crippen LogP contribution >= 0.6 is 0 Å². The number of fused-ring (bicyclic) bond motifs is 5. The summed E-state index contributed by atoms with van der Waals surface area (Å²) in [4.78, 5) is 0. The molecule has 0 spiro atoms. The van der Waals surface area contributed by atoms with E-state index in [0.717, 1.165) is 38.5 Å². The van der Waals surface area contributed by atoms with Crippen LogP contribution in [-0.2, 0) is 4.74 Å². The van der Waals surface area contributed by atoms with Gasteiger partial charge in [-0.2, -0.15) is 0 Å². The first kappa shape index (κ1) is 24.2. The van der Waals surface area contributed by atoms with Crippen LogP contribution in [0.15, 0.2) is 11.6 Å². The molecule has 0 amide bonds. The van der Waals surface area contributed by atoms with Crippen LogP contribution in [0.4, 0.5) is 0 Å². The maximum absolute atomic E-state index is 12.4. The van der Waals surface area contributed by atoms with Crippen molar-refractivity contribution in [2.45, 2.75) is 115 Å². The van der Waals surface area contributed by atoms with Gasteiger partial charge in [0.15, 0.2) is 0 Å². The third-order valence-electron chi connectivity index (χ3n) is 11.8. The second-order valence-corrected chi connectivity index (χ2v) is 13.3. The van der Waals surface area contributed by atoms with E-state index in [4.69, 9.17) is 4.74 Å². The summed E-state index contributed by atoms with van der Waals surface area (Å²) in [7, 11) is 0. The normalized spacial score (nSPS) is 54.6. The van der Waals surface area contributed by atoms with E-state index < -0.39 is 22.7 Å². The fraction of sp³-hybridized carbons (Fsp3) is 0.929. The van der Waals surface area contributed by atoms with E-state index in [1.165, 1.54) is 5.57 Å². The fourth-order valence-corrected chi connectivity index (χ4v) is 9.22. The van der Waals surface area contributed by atoms with E-state index in [-0.39, 0.29) is 29.5 Å². The van der Waals surface area contributed by atoms with Crippen LogP contribution in [0.2, 0.25) is 0 Å². The molecule has 12 atom stereocenters. The van der Waals surface area contributed by atoms with Crippen LogP contribution in [0.5, 0.6) is 0 Å². The molecular weight excluding hydrogens is 416 g/mol. The molecule has 33 heavy (non-hydrogen) atoms. The maximum atomic E-state index is 12.4. The number of hydrogen-bond acceptors (Lipinski definition) is 5. The van der Waals surface area contributed by atoms with Crippen LogP contribution in [0.3, 0.4) is 0 Å². The standard InChI is InChI=1S/C28H46O5/c1-16-15-33-23(17(16)2)24(30)27(5,31)22-10-13-28(32)21-7-6-18-14-19(29)8-11-25(18,3)20(21)9-12-26(22,28)4/h7,16-20,22-24,29-32H,6,8-15H2,1-5H3/t16-,17+,18+,19-,20-,22-,23+,24+,25-,26+,27-,28+/m0/s1. The van der Waals surface area contributed by atoms with E-state index in [2.05, 4.69) is 33.8 Å². The first-order chi connectivity index (χ1) is 15.4. The highest BCUT2D eigenvalue weighted by Gasteiger charge is 2.68. The number of hydrogen-bond donors (Lipinski definition) is 4. The molecule has 4 aliphatic carbocycles. The van der Waals surface area contributed by atoms with Crippen LogP contribution in [0, 0.1) is 40.4 Å². The Bertz CT molecular complexity index is 808. The van der Waals surface area contributed by atoms with Crippen LogP contribution in [-0.4, -0.2) is 56.5 Å². The zero-order valence-electron chi connectivity index (χ0n) is 21.3. The second-order valence-electron chi connectivity index (χ2n) is 13.3. The van der Waals surface area contributed by atoms with Crippen molar-refractivity contribution in [2.24, 2.45) is 40.4 Å². The lowest BCUT2D eigenvalue weighted by molar-refractivity contribution is -0.193. The topological polar surface area (TPSA) is 90.2 Å². The van der Waals surface area contributed by atoms with Gasteiger partial charge in [0.1, 0.15) is 6.10 Å². The first-order valence-electron chi connectivity index (χ1n) is 13.5. The highest BCUT2D eigenvalue weighted by molar-refractivity contribution is 5.36. The van der Waals surface area contributed by atoms with Gasteiger partial charge >= 0.3 is 0 Å². The molecule has 0 aromatic heterocycles. The molecule has 5 heteroatoms. The molecule has 3 saturated carbocycles. The Morgan fingerprint density at radius 1 is 1.12 bits per heavy atom. The molecule has 188 valence electrons. The van der Waals surface area contributed by atoms with Gasteiger partial charge < -0.3 is 25.2 Å². The van der Waals surface area contributed by atoms with Gasteiger partial charge in [0.05, 0.1) is 23.4 Å². The highest BCUT2D eigenvalue weighted by Crippen LogP contribution is 2.69. The van der Waals surface area contributed by atoms with Crippen molar-refractivity contribution in [1.29, 1.82) is 0 Å². The fourth-order valence-electron chi connectivity index (χ4n) is 9.22. The monoisotopic (exact) mass is 462 g/mol. The quantitative estimate of drug-likeness (QED) is 0.479. The van der Waals surface area contributed by atoms with E-state index >= 15 is 0 Å². The number of aliphatic hydroxyl groups excluding tert-OH is 2. The van der Waals surface area contributed by atoms with Crippen molar-refractivity contribution < 1.29 is 25.2 Å². The zero-order valence-corrected chi connectivity index (χ0v) is 21.3. The van der Waals surface area contributed by atoms with Crippen molar-refractivity contribution in [3.05, 3.63) is 11.6 Å². The molecular formula is C28H46O5. The van der Waals surface area contributed by atoms with Gasteiger partial charge in [0, 0.05) is 12.0 Å². The molecule has 0 aromatic carbocycles. The Balaban J connectivity index is 1.45. The second kappa shape index (κ2) is 7.77. The van der Waals surface area contributed by atoms with Gasteiger partial charge in [-0.25, -0.2) is 0 Å². The Hall–Kier alpha value is -0.460. The first-order valence-corrected chi connectivity index (χ1v) is 13.5. The van der Waals surface area contributed by atoms with E-state index in [9.17, 15) is 20.4 Å². The van der Waals surface area contributed by atoms with Gasteiger partial charge in [0.25, 0.3) is 0 Å². The molecule has 0 radical (unpaired) electrons. The van der Waals surface area contributed by atoms with E-state index in [1.54, 1.807) is 6.92 Å². The minimum Gasteiger partial charge on any atom is -0.393 e. The number of aliphatic hydroxyl groups is 4. The minimum atomic E-state index is -1.33. The van der Waals surface area contributed by atoms with E-state index in [1.807, 2.05) is 0 Å². The van der Waals surface area contributed by atoms with Crippen LogP contribution < -0.4 is 0 Å². The van der Waals surface area contributed by atoms with Gasteiger partial charge in [-0.15, -0.1) is 0 Å². The summed E-state index contributed by atoms with van der Waals surface area (Å²) in [6.45, 7) is 11.2. The maximum Gasteiger partial charge on any atom is 0.109 e. The van der Waals surface area contributed by atoms with Gasteiger partial charge in [-0.1, -0.05) is 33.8 Å². The van der Waals surface area contributed by atoms with Crippen molar-refractivity contribution in [3.8, 4) is 0 Å². The smallest absolute Gasteiger partial charge is 0.109 e. The lowest BCUT2D eigenvalue weighted by Crippen LogP contribution is -2.62. The molecule has 4 fully saturated rings. The number of ether oxygens (including phenoxy) is 1. The highest BCUT2D eigenvalue weighted by atomic mass is 16.5. The molecule has 5 nitrogen and oxygen atoms in total. The molecule has 0 bridgehead atoms. The zero-order chi connectivity index (χ0) is 24.0. The summed E-state index contributed by atoms with van der Waals surface area (Å²) >= 11 is 0. The summed E-state index contributed by atoms with van der Waals surface area (Å²) in [5.41, 5.74) is -1.43. The summed E-state index contributed by atoms with van der Waals surface area (Å²) in [6, 6.07) is 0. The van der Waals surface area contributed by atoms with Crippen LogP contribution in [0.1, 0.15) is 86.0 Å². The summed E-state index contributed by atoms with van der Waals surface area (Å²) in [5, 5.41) is 45.8. The molecule has 1 aliphatic heterocycles. The predicted molar refractivity (Wildman–Crippen MR) is 127 cm³/mol. The Labute approximate surface area is 199 Å². The molecule has 1 heterocycles. The minimum absolute atomic E-state index is 0.129. The molecule has 0 aromatic rings. The van der Waals surface area contributed by atoms with Gasteiger partial charge in [-0.05, 0) is 98.9 Å². The van der Waals surface area contributed by atoms with Crippen LogP contribution in [0.25, 0.3) is 0 Å². The van der Waals surface area contributed by atoms with Gasteiger partial charge in [0.2, 0.25) is 0 Å². The third-order valence-corrected chi connectivity index (χ3v) is 11.8. The lowest BCUT2D eigenvalue weighted by Gasteiger charge is -2.61. The summed E-state index contributed by atoms with van der Waals surface area (Å²) in [5.74, 6) is 1.18. The summed E-state index contributed by atoms with van der Waals surface area (Å²) < 4.78 is 5.94. The Morgan fingerprint density at radius 3 is 2.52 bits per heavy atom. The molecule has 5 aliphatic rings. The SMILES string of the molecule is C[C@H]1[C@H]([C@@H](O)[C@@](C)(O)[C@H]2CC[C@@]3(O)C4=CC[C@@H]5C[C@@H](O)CC[C@]5(C)[C@H]4CC[C@]23C)OC[C@@H]1C. The Kier molecular flexibility index (Phi) is 5.71. The molecule has 4 N–H and O–H groups in total. The number of allylic oxidation sites excluding steroid dienone is 1. The Morgan fingerprint density at radius 2 is 1.85 bits per heavy atom. The molecule has 5 rings (SSSR count). The van der Waals surface area contributed by atoms with Crippen molar-refractivity contribution in [3.63, 3.8) is 0 Å². The third kappa shape index (κ3) is 3.21. The summed E-state index contributed by atoms with van der Waals surface area (Å²) in [6.07, 6.45) is 7.63. The number of rotatable bonds is 3. The van der Waals surface area contributed by atoms with E-state index in [0.29, 0.717) is 37.2 Å².